The first-order valence-electron chi connectivity index (χ1n) is 7.08. The lowest BCUT2D eigenvalue weighted by Crippen LogP contribution is -2.24. The Bertz CT molecular complexity index is 580. The number of aromatic nitrogens is 2. The van der Waals surface area contributed by atoms with Crippen LogP contribution in [-0.4, -0.2) is 28.5 Å². The predicted octanol–water partition coefficient (Wildman–Crippen LogP) is 1.72. The van der Waals surface area contributed by atoms with E-state index in [0.717, 1.165) is 25.2 Å². The van der Waals surface area contributed by atoms with Gasteiger partial charge in [0.2, 0.25) is 0 Å². The maximum Gasteiger partial charge on any atom is 0.253 e. The Morgan fingerprint density at radius 1 is 1.43 bits per heavy atom. The van der Waals surface area contributed by atoms with Crippen molar-refractivity contribution in [1.29, 1.82) is 0 Å². The second-order valence-corrected chi connectivity index (χ2v) is 4.75. The number of hydrogen-bond acceptors (Lipinski definition) is 4. The van der Waals surface area contributed by atoms with E-state index in [9.17, 15) is 4.79 Å². The Morgan fingerprint density at radius 2 is 2.29 bits per heavy atom. The SMILES string of the molecule is CCNC(=O)c1ccc(N)cc1NCCCn1ccnc1. The van der Waals surface area contributed by atoms with Gasteiger partial charge in [0.25, 0.3) is 5.91 Å². The molecule has 6 heteroatoms. The molecule has 2 rings (SSSR count). The van der Waals surface area contributed by atoms with Gasteiger partial charge in [-0.25, -0.2) is 4.98 Å². The van der Waals surface area contributed by atoms with Gasteiger partial charge in [-0.1, -0.05) is 0 Å². The molecule has 0 atom stereocenters. The van der Waals surface area contributed by atoms with Crippen LogP contribution in [0.15, 0.2) is 36.9 Å². The molecular weight excluding hydrogens is 266 g/mol. The standard InChI is InChI=1S/C15H21N5O/c1-2-18-15(21)13-5-4-12(16)10-14(13)19-6-3-8-20-9-7-17-11-20/h4-5,7,9-11,19H,2-3,6,8,16H2,1H3,(H,18,21). The fourth-order valence-corrected chi connectivity index (χ4v) is 2.07. The van der Waals surface area contributed by atoms with Gasteiger partial charge in [0.15, 0.2) is 0 Å². The van der Waals surface area contributed by atoms with Gasteiger partial charge in [-0.15, -0.1) is 0 Å². The van der Waals surface area contributed by atoms with Crippen molar-refractivity contribution < 1.29 is 4.79 Å². The van der Waals surface area contributed by atoms with Gasteiger partial charge in [-0.05, 0) is 31.5 Å². The van der Waals surface area contributed by atoms with Gasteiger partial charge in [0.1, 0.15) is 0 Å². The average molecular weight is 287 g/mol. The van der Waals surface area contributed by atoms with E-state index in [1.165, 1.54) is 0 Å². The lowest BCUT2D eigenvalue weighted by molar-refractivity contribution is 0.0956. The summed E-state index contributed by atoms with van der Waals surface area (Å²) in [6.45, 7) is 4.14. The second kappa shape index (κ2) is 7.33. The zero-order valence-corrected chi connectivity index (χ0v) is 12.2. The summed E-state index contributed by atoms with van der Waals surface area (Å²) in [4.78, 5) is 16.0. The van der Waals surface area contributed by atoms with E-state index in [0.29, 0.717) is 17.8 Å². The molecule has 1 heterocycles. The molecule has 112 valence electrons. The topological polar surface area (TPSA) is 85.0 Å². The number of amides is 1. The Morgan fingerprint density at radius 3 is 3.00 bits per heavy atom. The van der Waals surface area contributed by atoms with Gasteiger partial charge in [0.05, 0.1) is 11.9 Å². The lowest BCUT2D eigenvalue weighted by atomic mass is 10.1. The zero-order chi connectivity index (χ0) is 15.1. The molecule has 0 aliphatic heterocycles. The highest BCUT2D eigenvalue weighted by molar-refractivity contribution is 6.00. The summed E-state index contributed by atoms with van der Waals surface area (Å²) in [5.74, 6) is -0.0883. The monoisotopic (exact) mass is 287 g/mol. The van der Waals surface area contributed by atoms with Crippen molar-refractivity contribution in [3.8, 4) is 0 Å². The van der Waals surface area contributed by atoms with Crippen LogP contribution in [0.1, 0.15) is 23.7 Å². The van der Waals surface area contributed by atoms with Crippen LogP contribution in [0.25, 0.3) is 0 Å². The fourth-order valence-electron chi connectivity index (χ4n) is 2.07. The Balaban J connectivity index is 1.94. The van der Waals surface area contributed by atoms with E-state index in [4.69, 9.17) is 5.73 Å². The van der Waals surface area contributed by atoms with Crippen molar-refractivity contribution in [2.45, 2.75) is 19.9 Å². The quantitative estimate of drug-likeness (QED) is 0.534. The van der Waals surface area contributed by atoms with Crippen molar-refractivity contribution in [2.24, 2.45) is 0 Å². The van der Waals surface area contributed by atoms with Gasteiger partial charge in [-0.3, -0.25) is 4.79 Å². The molecule has 0 saturated carbocycles. The summed E-state index contributed by atoms with van der Waals surface area (Å²) in [6.07, 6.45) is 6.42. The third kappa shape index (κ3) is 4.24. The number of nitrogens with one attached hydrogen (secondary N) is 2. The highest BCUT2D eigenvalue weighted by Gasteiger charge is 2.10. The normalized spacial score (nSPS) is 10.3. The molecule has 0 saturated heterocycles. The molecular formula is C15H21N5O. The Kier molecular flexibility index (Phi) is 5.20. The highest BCUT2D eigenvalue weighted by atomic mass is 16.1. The molecule has 21 heavy (non-hydrogen) atoms. The first-order valence-corrected chi connectivity index (χ1v) is 7.08. The number of nitrogens with two attached hydrogens (primary N) is 1. The molecule has 0 spiro atoms. The third-order valence-electron chi connectivity index (χ3n) is 3.09. The number of imidazole rings is 1. The first-order chi connectivity index (χ1) is 10.2. The molecule has 4 N–H and O–H groups in total. The second-order valence-electron chi connectivity index (χ2n) is 4.75. The molecule has 6 nitrogen and oxygen atoms in total. The van der Waals surface area contributed by atoms with Crippen LogP contribution in [-0.2, 0) is 6.54 Å². The predicted molar refractivity (Wildman–Crippen MR) is 84.2 cm³/mol. The van der Waals surface area contributed by atoms with Gasteiger partial charge < -0.3 is 20.9 Å². The van der Waals surface area contributed by atoms with Crippen LogP contribution in [0.2, 0.25) is 0 Å². The Labute approximate surface area is 124 Å². The Hall–Kier alpha value is -2.50. The molecule has 0 radical (unpaired) electrons. The lowest BCUT2D eigenvalue weighted by Gasteiger charge is -2.13. The molecule has 1 aromatic carbocycles. The van der Waals surface area contributed by atoms with E-state index < -0.39 is 0 Å². The maximum absolute atomic E-state index is 12.0. The summed E-state index contributed by atoms with van der Waals surface area (Å²) in [5.41, 5.74) is 7.83. The van der Waals surface area contributed by atoms with Crippen LogP contribution >= 0.6 is 0 Å². The smallest absolute Gasteiger partial charge is 0.253 e. The number of rotatable bonds is 7. The molecule has 1 aromatic heterocycles. The van der Waals surface area contributed by atoms with Crippen LogP contribution < -0.4 is 16.4 Å². The molecule has 0 unspecified atom stereocenters. The van der Waals surface area contributed by atoms with E-state index in [2.05, 4.69) is 15.6 Å². The van der Waals surface area contributed by atoms with E-state index in [1.54, 1.807) is 30.7 Å². The minimum Gasteiger partial charge on any atom is -0.399 e. The summed E-state index contributed by atoms with van der Waals surface area (Å²) >= 11 is 0. The number of nitrogen functional groups attached to an aromatic ring is 1. The summed E-state index contributed by atoms with van der Waals surface area (Å²) in [6, 6.07) is 5.28. The van der Waals surface area contributed by atoms with Gasteiger partial charge in [0, 0.05) is 43.4 Å². The summed E-state index contributed by atoms with van der Waals surface area (Å²) in [5, 5.41) is 6.08. The highest BCUT2D eigenvalue weighted by Crippen LogP contribution is 2.19. The number of benzene rings is 1. The van der Waals surface area contributed by atoms with Crippen molar-refractivity contribution in [2.75, 3.05) is 24.1 Å². The molecule has 0 aliphatic carbocycles. The maximum atomic E-state index is 12.0. The van der Waals surface area contributed by atoms with Crippen molar-refractivity contribution in [3.63, 3.8) is 0 Å². The van der Waals surface area contributed by atoms with Crippen molar-refractivity contribution in [1.82, 2.24) is 14.9 Å². The zero-order valence-electron chi connectivity index (χ0n) is 12.2. The molecule has 0 aliphatic rings. The molecule has 2 aromatic rings. The number of aryl methyl sites for hydroxylation is 1. The largest absolute Gasteiger partial charge is 0.399 e. The molecule has 1 amide bonds. The number of carbonyl (C=O) groups is 1. The van der Waals surface area contributed by atoms with Gasteiger partial charge >= 0.3 is 0 Å². The van der Waals surface area contributed by atoms with E-state index in [1.807, 2.05) is 17.7 Å². The first kappa shape index (κ1) is 14.9. The minimum atomic E-state index is -0.0883. The summed E-state index contributed by atoms with van der Waals surface area (Å²) < 4.78 is 2.02. The van der Waals surface area contributed by atoms with E-state index >= 15 is 0 Å². The fraction of sp³-hybridized carbons (Fsp3) is 0.333. The third-order valence-corrected chi connectivity index (χ3v) is 3.09. The van der Waals surface area contributed by atoms with Crippen LogP contribution in [0.5, 0.6) is 0 Å². The number of anilines is 2. The van der Waals surface area contributed by atoms with Crippen molar-refractivity contribution in [3.05, 3.63) is 42.5 Å². The number of nitrogens with zero attached hydrogens (tertiary/aromatic N) is 2. The van der Waals surface area contributed by atoms with Crippen LogP contribution in [0, 0.1) is 0 Å². The van der Waals surface area contributed by atoms with E-state index in [-0.39, 0.29) is 5.91 Å². The number of carbonyl (C=O) groups excluding carboxylic acids is 1. The summed E-state index contributed by atoms with van der Waals surface area (Å²) in [7, 11) is 0. The minimum absolute atomic E-state index is 0.0883. The van der Waals surface area contributed by atoms with Crippen LogP contribution in [0.3, 0.4) is 0 Å². The van der Waals surface area contributed by atoms with Crippen LogP contribution in [0.4, 0.5) is 11.4 Å². The van der Waals surface area contributed by atoms with Gasteiger partial charge in [-0.2, -0.15) is 0 Å². The van der Waals surface area contributed by atoms with Crippen molar-refractivity contribution >= 4 is 17.3 Å². The molecule has 0 fully saturated rings. The average Bonchev–Trinajstić information content (AvgIpc) is 2.97. The number of hydrogen-bond donors (Lipinski definition) is 3. The molecule has 0 bridgehead atoms.